The number of Topliss-reactive ketones (excluding diaryl/α,β-unsaturated/α-hetero) is 1. The van der Waals surface area contributed by atoms with E-state index in [2.05, 4.69) is 10.6 Å². The minimum atomic E-state index is -0.741. The molecule has 11 nitrogen and oxygen atoms in total. The first-order chi connectivity index (χ1) is 15.7. The minimum absolute atomic E-state index is 0.129. The van der Waals surface area contributed by atoms with Crippen LogP contribution in [0.4, 0.5) is 16.2 Å². The molecule has 1 heterocycles. The number of hydrogen-bond donors (Lipinski definition) is 2. The van der Waals surface area contributed by atoms with E-state index in [0.29, 0.717) is 11.3 Å². The topological polar surface area (TPSA) is 144 Å². The van der Waals surface area contributed by atoms with Crippen LogP contribution in [0.15, 0.2) is 23.0 Å². The molecule has 2 N–H and O–H groups in total. The average Bonchev–Trinajstić information content (AvgIpc) is 3.01. The number of nitrogens with one attached hydrogen (secondary N) is 2. The number of amides is 3. The molecule has 0 aliphatic heterocycles. The average molecular weight is 490 g/mol. The highest BCUT2D eigenvalue weighted by Gasteiger charge is 2.20. The molecule has 0 bridgehead atoms. The van der Waals surface area contributed by atoms with Gasteiger partial charge in [0.25, 0.3) is 11.2 Å². The number of nitro groups is 1. The number of carbonyl (C=O) groups is 3. The number of thiazole rings is 1. The van der Waals surface area contributed by atoms with Crippen LogP contribution in [0.2, 0.25) is 0 Å². The molecule has 0 atom stereocenters. The molecule has 12 heteroatoms. The van der Waals surface area contributed by atoms with Crippen molar-refractivity contribution >= 4 is 52.6 Å². The third-order valence-corrected chi connectivity index (χ3v) is 5.75. The Labute approximate surface area is 199 Å². The van der Waals surface area contributed by atoms with Crippen molar-refractivity contribution in [2.45, 2.75) is 27.3 Å². The van der Waals surface area contributed by atoms with Gasteiger partial charge in [0.15, 0.2) is 5.78 Å². The molecule has 2 aromatic rings. The summed E-state index contributed by atoms with van der Waals surface area (Å²) in [4.78, 5) is 61.9. The molecule has 0 saturated heterocycles. The quantitative estimate of drug-likeness (QED) is 0.446. The zero-order valence-corrected chi connectivity index (χ0v) is 20.6. The highest BCUT2D eigenvalue weighted by molar-refractivity contribution is 7.07. The maximum atomic E-state index is 13.1. The van der Waals surface area contributed by atoms with Crippen LogP contribution < -0.4 is 30.3 Å². The molecule has 0 spiro atoms. The molecular formula is C22H27N5O6S. The number of hydrogen-bond acceptors (Lipinski definition) is 8. The molecule has 34 heavy (non-hydrogen) atoms. The Bertz CT molecular complexity index is 1320. The standard InChI is InChI=1S/C22H27N5O6S/c1-22(2,3)17(28)11-19-26(12-18(29)24-21(31)23-4)20(30)16(34-19)10-13-7-8-14(25(5)6)15(9-13)27(32)33/h7-11H,12H2,1-6H3,(H2,23,24,29,31)/b16-10-,19-11+. The van der Waals surface area contributed by atoms with Gasteiger partial charge in [-0.2, -0.15) is 0 Å². The molecule has 0 radical (unpaired) electrons. The summed E-state index contributed by atoms with van der Waals surface area (Å²) < 4.78 is 1.50. The third-order valence-electron chi connectivity index (χ3n) is 4.69. The van der Waals surface area contributed by atoms with Crippen LogP contribution in [0.1, 0.15) is 26.3 Å². The number of rotatable bonds is 6. The van der Waals surface area contributed by atoms with Crippen LogP contribution in [0.5, 0.6) is 0 Å². The predicted octanol–water partition coefficient (Wildman–Crippen LogP) is 0.564. The molecule has 0 aliphatic rings. The lowest BCUT2D eigenvalue weighted by Gasteiger charge is -2.12. The van der Waals surface area contributed by atoms with Gasteiger partial charge in [-0.3, -0.25) is 34.4 Å². The Morgan fingerprint density at radius 3 is 2.41 bits per heavy atom. The van der Waals surface area contributed by atoms with Gasteiger partial charge in [-0.1, -0.05) is 26.8 Å². The normalized spacial score (nSPS) is 12.4. The van der Waals surface area contributed by atoms with Crippen molar-refractivity contribution in [1.29, 1.82) is 0 Å². The van der Waals surface area contributed by atoms with Gasteiger partial charge in [0, 0.05) is 38.7 Å². The van der Waals surface area contributed by atoms with Crippen LogP contribution in [0.25, 0.3) is 12.2 Å². The van der Waals surface area contributed by atoms with E-state index in [4.69, 9.17) is 0 Å². The fourth-order valence-electron chi connectivity index (χ4n) is 2.80. The highest BCUT2D eigenvalue weighted by Crippen LogP contribution is 2.27. The Morgan fingerprint density at radius 2 is 1.88 bits per heavy atom. The van der Waals surface area contributed by atoms with Crippen LogP contribution in [0.3, 0.4) is 0 Å². The Balaban J connectivity index is 2.69. The van der Waals surface area contributed by atoms with E-state index in [1.165, 1.54) is 25.3 Å². The van der Waals surface area contributed by atoms with Crippen LogP contribution >= 0.6 is 11.3 Å². The maximum Gasteiger partial charge on any atom is 0.321 e. The number of anilines is 1. The summed E-state index contributed by atoms with van der Waals surface area (Å²) in [7, 11) is 4.71. The van der Waals surface area contributed by atoms with Gasteiger partial charge >= 0.3 is 6.03 Å². The molecule has 2 rings (SSSR count). The first-order valence-electron chi connectivity index (χ1n) is 10.2. The highest BCUT2D eigenvalue weighted by atomic mass is 32.1. The van der Waals surface area contributed by atoms with Crippen LogP contribution in [-0.4, -0.2) is 48.4 Å². The second-order valence-electron chi connectivity index (χ2n) is 8.63. The van der Waals surface area contributed by atoms with E-state index in [9.17, 15) is 29.3 Å². The fraction of sp³-hybridized carbons (Fsp3) is 0.364. The summed E-state index contributed by atoms with van der Waals surface area (Å²) in [6, 6.07) is 3.82. The van der Waals surface area contributed by atoms with Gasteiger partial charge in [0.05, 0.1) is 9.46 Å². The monoisotopic (exact) mass is 489 g/mol. The summed E-state index contributed by atoms with van der Waals surface area (Å²) in [5.41, 5.74) is -0.603. The summed E-state index contributed by atoms with van der Waals surface area (Å²) >= 11 is 0.974. The largest absolute Gasteiger partial charge is 0.372 e. The molecule has 182 valence electrons. The number of benzene rings is 1. The molecule has 3 amide bonds. The first-order valence-corrected chi connectivity index (χ1v) is 11.0. The van der Waals surface area contributed by atoms with E-state index in [1.807, 2.05) is 0 Å². The maximum absolute atomic E-state index is 13.1. The van der Waals surface area contributed by atoms with Gasteiger partial charge in [0.2, 0.25) is 5.91 Å². The fourth-order valence-corrected chi connectivity index (χ4v) is 3.84. The van der Waals surface area contributed by atoms with Crippen LogP contribution in [-0.2, 0) is 16.1 Å². The third kappa shape index (κ3) is 6.38. The van der Waals surface area contributed by atoms with E-state index in [-0.39, 0.29) is 20.7 Å². The Hall–Kier alpha value is -3.80. The van der Waals surface area contributed by atoms with E-state index >= 15 is 0 Å². The van der Waals surface area contributed by atoms with E-state index < -0.39 is 34.4 Å². The second-order valence-corrected chi connectivity index (χ2v) is 9.69. The second kappa shape index (κ2) is 10.4. The summed E-state index contributed by atoms with van der Waals surface area (Å²) in [5, 5.41) is 15.8. The van der Waals surface area contributed by atoms with Gasteiger partial charge in [-0.05, 0) is 17.7 Å². The summed E-state index contributed by atoms with van der Waals surface area (Å²) in [5.74, 6) is -0.999. The molecule has 0 fully saturated rings. The van der Waals surface area contributed by atoms with Gasteiger partial charge in [0.1, 0.15) is 16.9 Å². The minimum Gasteiger partial charge on any atom is -0.372 e. The first kappa shape index (κ1) is 26.5. The Kier molecular flexibility index (Phi) is 8.11. The van der Waals surface area contributed by atoms with Crippen molar-refractivity contribution in [3.8, 4) is 0 Å². The summed E-state index contributed by atoms with van der Waals surface area (Å²) in [6.45, 7) is 4.68. The lowest BCUT2D eigenvalue weighted by atomic mass is 9.91. The lowest BCUT2D eigenvalue weighted by molar-refractivity contribution is -0.384. The molecule has 0 saturated carbocycles. The number of carbonyl (C=O) groups excluding carboxylic acids is 3. The zero-order valence-electron chi connectivity index (χ0n) is 19.8. The van der Waals surface area contributed by atoms with Crippen molar-refractivity contribution in [2.75, 3.05) is 26.0 Å². The molecule has 0 unspecified atom stereocenters. The van der Waals surface area contributed by atoms with Gasteiger partial charge < -0.3 is 10.2 Å². The molecular weight excluding hydrogens is 462 g/mol. The SMILES string of the molecule is CNC(=O)NC(=O)Cn1c(=O)/c(=C/c2ccc(N(C)C)c([N+](=O)[O-])c2)s/c1=C/C(=O)C(C)(C)C. The van der Waals surface area contributed by atoms with Crippen molar-refractivity contribution in [1.82, 2.24) is 15.2 Å². The van der Waals surface area contributed by atoms with Crippen molar-refractivity contribution < 1.29 is 19.3 Å². The van der Waals surface area contributed by atoms with Crippen LogP contribution in [0, 0.1) is 15.5 Å². The number of ketones is 1. The number of imide groups is 1. The molecule has 1 aromatic heterocycles. The lowest BCUT2D eigenvalue weighted by Crippen LogP contribution is -2.43. The molecule has 1 aromatic carbocycles. The van der Waals surface area contributed by atoms with E-state index in [1.54, 1.807) is 51.9 Å². The summed E-state index contributed by atoms with van der Waals surface area (Å²) in [6.07, 6.45) is 2.75. The number of urea groups is 1. The van der Waals surface area contributed by atoms with E-state index in [0.717, 1.165) is 15.9 Å². The Morgan fingerprint density at radius 1 is 1.24 bits per heavy atom. The van der Waals surface area contributed by atoms with Gasteiger partial charge in [-0.25, -0.2) is 4.79 Å². The smallest absolute Gasteiger partial charge is 0.321 e. The predicted molar refractivity (Wildman–Crippen MR) is 130 cm³/mol. The van der Waals surface area contributed by atoms with Crippen molar-refractivity contribution in [2.24, 2.45) is 5.41 Å². The number of nitrogens with zero attached hydrogens (tertiary/aromatic N) is 3. The van der Waals surface area contributed by atoms with Gasteiger partial charge in [-0.15, -0.1) is 11.3 Å². The van der Waals surface area contributed by atoms with Crippen molar-refractivity contribution in [3.05, 3.63) is 53.4 Å². The van der Waals surface area contributed by atoms with Crippen molar-refractivity contribution in [3.63, 3.8) is 0 Å². The number of aromatic nitrogens is 1. The zero-order chi connectivity index (χ0) is 25.8. The molecule has 0 aliphatic carbocycles. The number of nitro benzene ring substituents is 1.